The van der Waals surface area contributed by atoms with Gasteiger partial charge in [-0.3, -0.25) is 0 Å². The molecule has 1 saturated heterocycles. The average molecular weight is 290 g/mol. The lowest BCUT2D eigenvalue weighted by Gasteiger charge is -2.25. The van der Waals surface area contributed by atoms with Crippen LogP contribution in [0.3, 0.4) is 0 Å². The monoisotopic (exact) mass is 289 g/mol. The first-order valence-corrected chi connectivity index (χ1v) is 7.51. The zero-order valence-corrected chi connectivity index (χ0v) is 11.0. The number of sulfone groups is 1. The van der Waals surface area contributed by atoms with Crippen molar-refractivity contribution in [3.8, 4) is 0 Å². The van der Waals surface area contributed by atoms with Crippen LogP contribution in [0.15, 0.2) is 24.3 Å². The maximum atomic E-state index is 11.5. The minimum Gasteiger partial charge on any atom is -0.479 e. The summed E-state index contributed by atoms with van der Waals surface area (Å²) in [6.45, 7) is 0. The first-order valence-electron chi connectivity index (χ1n) is 5.31. The van der Waals surface area contributed by atoms with Gasteiger partial charge in [-0.05, 0) is 30.7 Å². The summed E-state index contributed by atoms with van der Waals surface area (Å²) in [4.78, 5) is 11.3. The number of benzene rings is 1. The number of hydrogen-bond donors (Lipinski definition) is 2. The summed E-state index contributed by atoms with van der Waals surface area (Å²) in [6.07, 6.45) is 0.0628. The minimum atomic E-state index is -3.30. The Hall–Kier alpha value is -1.27. The number of carboxylic acids is 1. The van der Waals surface area contributed by atoms with Crippen molar-refractivity contribution in [3.63, 3.8) is 0 Å². The molecule has 1 aliphatic rings. The van der Waals surface area contributed by atoms with Crippen LogP contribution in [0.4, 0.5) is 5.69 Å². The molecule has 2 N–H and O–H groups in total. The van der Waals surface area contributed by atoms with Crippen molar-refractivity contribution >= 4 is 33.1 Å². The molecular formula is C11H12ClNO4S. The van der Waals surface area contributed by atoms with Gasteiger partial charge in [-0.25, -0.2) is 13.2 Å². The van der Waals surface area contributed by atoms with E-state index in [1.165, 1.54) is 0 Å². The number of carbonyl (C=O) groups is 1. The van der Waals surface area contributed by atoms with E-state index in [1.807, 2.05) is 0 Å². The van der Waals surface area contributed by atoms with Crippen molar-refractivity contribution in [1.29, 1.82) is 0 Å². The van der Waals surface area contributed by atoms with Gasteiger partial charge in [0.1, 0.15) is 0 Å². The predicted molar refractivity (Wildman–Crippen MR) is 68.7 cm³/mol. The Morgan fingerprint density at radius 1 is 1.33 bits per heavy atom. The molecule has 98 valence electrons. The number of carboxylic acid groups (broad SMARTS) is 1. The molecule has 0 aromatic heterocycles. The molecule has 1 fully saturated rings. The Bertz CT molecular complexity index is 569. The van der Waals surface area contributed by atoms with Gasteiger partial charge in [-0.15, -0.1) is 0 Å². The van der Waals surface area contributed by atoms with E-state index in [9.17, 15) is 18.3 Å². The van der Waals surface area contributed by atoms with Crippen molar-refractivity contribution in [2.24, 2.45) is 0 Å². The van der Waals surface area contributed by atoms with Crippen LogP contribution < -0.4 is 5.32 Å². The van der Waals surface area contributed by atoms with E-state index < -0.39 is 27.1 Å². The molecule has 0 bridgehead atoms. The molecular weight excluding hydrogens is 278 g/mol. The van der Waals surface area contributed by atoms with Crippen molar-refractivity contribution in [2.75, 3.05) is 16.8 Å². The second kappa shape index (κ2) is 4.44. The normalized spacial score (nSPS) is 25.8. The molecule has 1 aliphatic heterocycles. The molecule has 0 saturated carbocycles. The van der Waals surface area contributed by atoms with Crippen LogP contribution in [0.2, 0.25) is 5.02 Å². The zero-order chi connectivity index (χ0) is 13.4. The average Bonchev–Trinajstić information content (AvgIpc) is 2.59. The van der Waals surface area contributed by atoms with Gasteiger partial charge in [0, 0.05) is 10.7 Å². The Labute approximate surface area is 110 Å². The molecule has 1 unspecified atom stereocenters. The summed E-state index contributed by atoms with van der Waals surface area (Å²) in [5.41, 5.74) is -0.897. The van der Waals surface area contributed by atoms with Crippen LogP contribution in [0.5, 0.6) is 0 Å². The van der Waals surface area contributed by atoms with Gasteiger partial charge in [0.2, 0.25) is 0 Å². The van der Waals surface area contributed by atoms with Crippen molar-refractivity contribution in [2.45, 2.75) is 12.0 Å². The third kappa shape index (κ3) is 2.59. The first kappa shape index (κ1) is 13.2. The van der Waals surface area contributed by atoms with Gasteiger partial charge in [0.15, 0.2) is 15.4 Å². The predicted octanol–water partition coefficient (Wildman–Crippen LogP) is 1.39. The summed E-state index contributed by atoms with van der Waals surface area (Å²) >= 11 is 5.73. The van der Waals surface area contributed by atoms with E-state index in [4.69, 9.17) is 11.6 Å². The maximum Gasteiger partial charge on any atom is 0.330 e. The molecule has 0 aliphatic carbocycles. The molecule has 18 heavy (non-hydrogen) atoms. The van der Waals surface area contributed by atoms with Gasteiger partial charge >= 0.3 is 5.97 Å². The van der Waals surface area contributed by atoms with Gasteiger partial charge in [0.05, 0.1) is 11.5 Å². The van der Waals surface area contributed by atoms with E-state index in [1.54, 1.807) is 24.3 Å². The largest absolute Gasteiger partial charge is 0.479 e. The molecule has 1 aromatic rings. The SMILES string of the molecule is O=C(O)C1(Nc2ccc(Cl)cc2)CCS(=O)(=O)C1. The Balaban J connectivity index is 2.28. The molecule has 2 rings (SSSR count). The molecule has 0 spiro atoms. The summed E-state index contributed by atoms with van der Waals surface area (Å²) in [5, 5.41) is 12.6. The number of nitrogens with one attached hydrogen (secondary N) is 1. The van der Waals surface area contributed by atoms with Crippen LogP contribution >= 0.6 is 11.6 Å². The number of hydrogen-bond acceptors (Lipinski definition) is 4. The lowest BCUT2D eigenvalue weighted by Crippen LogP contribution is -2.47. The van der Waals surface area contributed by atoms with E-state index >= 15 is 0 Å². The van der Waals surface area contributed by atoms with Crippen molar-refractivity contribution < 1.29 is 18.3 Å². The van der Waals surface area contributed by atoms with E-state index in [-0.39, 0.29) is 12.2 Å². The fraction of sp³-hybridized carbons (Fsp3) is 0.364. The number of rotatable bonds is 3. The molecule has 5 nitrogen and oxygen atoms in total. The highest BCUT2D eigenvalue weighted by molar-refractivity contribution is 7.91. The lowest BCUT2D eigenvalue weighted by atomic mass is 9.99. The molecule has 0 amide bonds. The number of anilines is 1. The standard InChI is InChI=1S/C11H12ClNO4S/c12-8-1-3-9(4-2-8)13-11(10(14)15)5-6-18(16,17)7-11/h1-4,13H,5-7H2,(H,14,15). The highest BCUT2D eigenvalue weighted by Gasteiger charge is 2.48. The second-order valence-corrected chi connectivity index (χ2v) is 6.98. The third-order valence-electron chi connectivity index (χ3n) is 2.94. The third-order valence-corrected chi connectivity index (χ3v) is 4.95. The van der Waals surface area contributed by atoms with Crippen LogP contribution in [0.25, 0.3) is 0 Å². The topological polar surface area (TPSA) is 83.5 Å². The summed E-state index contributed by atoms with van der Waals surface area (Å²) in [6, 6.07) is 6.47. The lowest BCUT2D eigenvalue weighted by molar-refractivity contribution is -0.141. The first-order chi connectivity index (χ1) is 8.33. The number of halogens is 1. The van der Waals surface area contributed by atoms with Crippen molar-refractivity contribution in [1.82, 2.24) is 0 Å². The Morgan fingerprint density at radius 2 is 1.94 bits per heavy atom. The van der Waals surface area contributed by atoms with Crippen LogP contribution in [0, 0.1) is 0 Å². The fourth-order valence-electron chi connectivity index (χ4n) is 1.98. The zero-order valence-electron chi connectivity index (χ0n) is 9.39. The van der Waals surface area contributed by atoms with E-state index in [2.05, 4.69) is 5.32 Å². The smallest absolute Gasteiger partial charge is 0.330 e. The highest BCUT2D eigenvalue weighted by atomic mass is 35.5. The van der Waals surface area contributed by atoms with Gasteiger partial charge in [0.25, 0.3) is 0 Å². The van der Waals surface area contributed by atoms with Crippen LogP contribution in [-0.2, 0) is 14.6 Å². The van der Waals surface area contributed by atoms with E-state index in [0.29, 0.717) is 10.7 Å². The maximum absolute atomic E-state index is 11.5. The summed E-state index contributed by atoms with van der Waals surface area (Å²) in [7, 11) is -3.30. The van der Waals surface area contributed by atoms with Gasteiger partial charge in [-0.1, -0.05) is 11.6 Å². The second-order valence-electron chi connectivity index (χ2n) is 4.36. The highest BCUT2D eigenvalue weighted by Crippen LogP contribution is 2.28. The summed E-state index contributed by atoms with van der Waals surface area (Å²) < 4.78 is 22.9. The molecule has 7 heteroatoms. The quantitative estimate of drug-likeness (QED) is 0.878. The van der Waals surface area contributed by atoms with Crippen LogP contribution in [-0.4, -0.2) is 36.5 Å². The minimum absolute atomic E-state index is 0.0628. The fourth-order valence-corrected chi connectivity index (χ4v) is 4.00. The summed E-state index contributed by atoms with van der Waals surface area (Å²) in [5.74, 6) is -1.66. The number of aliphatic carboxylic acids is 1. The van der Waals surface area contributed by atoms with Crippen LogP contribution in [0.1, 0.15) is 6.42 Å². The molecule has 1 atom stereocenters. The molecule has 1 aromatic carbocycles. The van der Waals surface area contributed by atoms with Gasteiger partial charge in [-0.2, -0.15) is 0 Å². The molecule has 1 heterocycles. The Morgan fingerprint density at radius 3 is 2.39 bits per heavy atom. The molecule has 0 radical (unpaired) electrons. The van der Waals surface area contributed by atoms with Gasteiger partial charge < -0.3 is 10.4 Å². The van der Waals surface area contributed by atoms with E-state index in [0.717, 1.165) is 0 Å². The Kier molecular flexibility index (Phi) is 3.25. The van der Waals surface area contributed by atoms with Crippen molar-refractivity contribution in [3.05, 3.63) is 29.3 Å².